The van der Waals surface area contributed by atoms with Crippen molar-refractivity contribution in [1.82, 2.24) is 14.8 Å². The summed E-state index contributed by atoms with van der Waals surface area (Å²) >= 11 is 1.63. The quantitative estimate of drug-likeness (QED) is 0.196. The van der Waals surface area contributed by atoms with Gasteiger partial charge in [0, 0.05) is 11.4 Å². The maximum absolute atomic E-state index is 13.2. The Morgan fingerprint density at radius 2 is 1.89 bits per heavy atom. The number of aryl methyl sites for hydroxylation is 1. The number of allylic oxidation sites excluding steroid dienone is 1. The number of fused-ring (bicyclic) bond motifs is 1. The Morgan fingerprint density at radius 1 is 1.14 bits per heavy atom. The van der Waals surface area contributed by atoms with Crippen LogP contribution in [0, 0.1) is 6.92 Å². The number of hydrogen-bond donors (Lipinski definition) is 1. The zero-order valence-corrected chi connectivity index (χ0v) is 22.4. The third-order valence-corrected chi connectivity index (χ3v) is 6.90. The normalized spacial score (nSPS) is 15.0. The highest BCUT2D eigenvalue weighted by molar-refractivity contribution is 7.99. The van der Waals surface area contributed by atoms with E-state index in [1.54, 1.807) is 16.4 Å². The number of thioether (sulfide) groups is 1. The van der Waals surface area contributed by atoms with E-state index in [2.05, 4.69) is 36.3 Å². The van der Waals surface area contributed by atoms with Gasteiger partial charge in [0.2, 0.25) is 11.1 Å². The number of esters is 1. The summed E-state index contributed by atoms with van der Waals surface area (Å²) in [7, 11) is 0. The topological polar surface area (TPSA) is 78.3 Å². The summed E-state index contributed by atoms with van der Waals surface area (Å²) in [5, 5.41) is 8.72. The summed E-state index contributed by atoms with van der Waals surface area (Å²) in [5.74, 6) is 1.97. The number of nitrogens with one attached hydrogen (secondary N) is 1. The smallest absolute Gasteiger partial charge is 0.338 e. The van der Waals surface area contributed by atoms with Gasteiger partial charge in [-0.15, -0.1) is 5.10 Å². The molecule has 0 fully saturated rings. The number of hydrogen-bond acceptors (Lipinski definition) is 7. The second kappa shape index (κ2) is 11.6. The van der Waals surface area contributed by atoms with E-state index in [4.69, 9.17) is 14.6 Å². The number of aromatic nitrogens is 3. The molecule has 0 amide bonds. The van der Waals surface area contributed by atoms with Gasteiger partial charge in [-0.3, -0.25) is 0 Å². The van der Waals surface area contributed by atoms with E-state index >= 15 is 0 Å². The number of anilines is 1. The largest absolute Gasteiger partial charge is 0.489 e. The first-order valence-electron chi connectivity index (χ1n) is 12.4. The van der Waals surface area contributed by atoms with Gasteiger partial charge >= 0.3 is 5.97 Å². The monoisotopic (exact) mass is 506 g/mol. The first-order valence-corrected chi connectivity index (χ1v) is 13.4. The van der Waals surface area contributed by atoms with Crippen molar-refractivity contribution in [1.29, 1.82) is 0 Å². The van der Waals surface area contributed by atoms with Crippen LogP contribution in [0.15, 0.2) is 65.0 Å². The highest BCUT2D eigenvalue weighted by Crippen LogP contribution is 2.37. The summed E-state index contributed by atoms with van der Waals surface area (Å²) in [6, 6.07) is 15.6. The number of ether oxygens (including phenoxy) is 2. The second-order valence-electron chi connectivity index (χ2n) is 9.17. The number of unbranched alkanes of at least 4 members (excludes halogenated alkanes) is 1. The Morgan fingerprint density at radius 3 is 2.58 bits per heavy atom. The van der Waals surface area contributed by atoms with Crippen LogP contribution < -0.4 is 10.1 Å². The lowest BCUT2D eigenvalue weighted by molar-refractivity contribution is -0.143. The van der Waals surface area contributed by atoms with Gasteiger partial charge in [-0.25, -0.2) is 9.48 Å². The average molecular weight is 507 g/mol. The summed E-state index contributed by atoms with van der Waals surface area (Å²) in [4.78, 5) is 17.9. The third kappa shape index (κ3) is 5.93. The van der Waals surface area contributed by atoms with Crippen molar-refractivity contribution in [3.05, 3.63) is 76.5 Å². The number of benzene rings is 2. The van der Waals surface area contributed by atoms with E-state index in [-0.39, 0.29) is 12.1 Å². The molecule has 0 aliphatic carbocycles. The summed E-state index contributed by atoms with van der Waals surface area (Å²) in [6.07, 6.45) is 1.98. The maximum Gasteiger partial charge on any atom is 0.338 e. The van der Waals surface area contributed by atoms with Crippen LogP contribution in [-0.4, -0.2) is 32.6 Å². The van der Waals surface area contributed by atoms with Crippen molar-refractivity contribution in [2.75, 3.05) is 11.1 Å². The number of rotatable bonds is 10. The molecule has 4 rings (SSSR count). The Kier molecular flexibility index (Phi) is 8.36. The van der Waals surface area contributed by atoms with Crippen LogP contribution in [0.1, 0.15) is 63.3 Å². The molecule has 7 nitrogen and oxygen atoms in total. The molecule has 1 unspecified atom stereocenters. The van der Waals surface area contributed by atoms with Crippen molar-refractivity contribution in [2.24, 2.45) is 0 Å². The first kappa shape index (κ1) is 25.8. The van der Waals surface area contributed by atoms with Gasteiger partial charge in [0.15, 0.2) is 0 Å². The molecule has 0 spiro atoms. The molecule has 0 saturated carbocycles. The van der Waals surface area contributed by atoms with Crippen LogP contribution in [0.2, 0.25) is 0 Å². The zero-order valence-electron chi connectivity index (χ0n) is 21.6. The second-order valence-corrected chi connectivity index (χ2v) is 10.2. The fourth-order valence-corrected chi connectivity index (χ4v) is 4.94. The van der Waals surface area contributed by atoms with Crippen molar-refractivity contribution < 1.29 is 14.3 Å². The highest BCUT2D eigenvalue weighted by atomic mass is 32.2. The Bertz CT molecular complexity index is 1230. The standard InChI is InChI=1S/C28H34N4O3S/c1-6-7-16-36-28-30-27-29-20(5)24(26(33)35-18(2)3)25(32(27)31-28)21-12-14-23(15-13-21)34-17-22-11-9-8-10-19(22)4/h8-15,18,25H,6-7,16-17H2,1-5H3,(H,29,30,31). The highest BCUT2D eigenvalue weighted by Gasteiger charge is 2.35. The van der Waals surface area contributed by atoms with Crippen LogP contribution in [0.5, 0.6) is 5.75 Å². The van der Waals surface area contributed by atoms with Gasteiger partial charge in [-0.1, -0.05) is 61.5 Å². The first-order chi connectivity index (χ1) is 17.4. The lowest BCUT2D eigenvalue weighted by Crippen LogP contribution is -2.30. The van der Waals surface area contributed by atoms with E-state index in [9.17, 15) is 4.79 Å². The lowest BCUT2D eigenvalue weighted by atomic mass is 9.95. The molecular formula is C28H34N4O3S. The van der Waals surface area contributed by atoms with Gasteiger partial charge in [0.1, 0.15) is 18.4 Å². The minimum atomic E-state index is -0.453. The lowest BCUT2D eigenvalue weighted by Gasteiger charge is -2.28. The van der Waals surface area contributed by atoms with Crippen molar-refractivity contribution in [2.45, 2.75) is 71.4 Å². The van der Waals surface area contributed by atoms with Gasteiger partial charge in [0.05, 0.1) is 11.7 Å². The molecule has 1 aliphatic rings. The van der Waals surface area contributed by atoms with E-state index in [1.807, 2.05) is 57.2 Å². The van der Waals surface area contributed by atoms with Gasteiger partial charge < -0.3 is 14.8 Å². The molecule has 1 aromatic heterocycles. The van der Waals surface area contributed by atoms with Gasteiger partial charge in [-0.05, 0) is 62.9 Å². The van der Waals surface area contributed by atoms with Crippen LogP contribution in [-0.2, 0) is 16.1 Å². The predicted octanol–water partition coefficient (Wildman–Crippen LogP) is 6.30. The molecule has 36 heavy (non-hydrogen) atoms. The molecule has 1 N–H and O–H groups in total. The molecule has 190 valence electrons. The minimum Gasteiger partial charge on any atom is -0.489 e. The molecule has 0 saturated heterocycles. The molecule has 1 aliphatic heterocycles. The van der Waals surface area contributed by atoms with Crippen molar-refractivity contribution in [3.8, 4) is 5.75 Å². The van der Waals surface area contributed by atoms with Crippen LogP contribution in [0.25, 0.3) is 0 Å². The van der Waals surface area contributed by atoms with Crippen LogP contribution in [0.3, 0.4) is 0 Å². The fourth-order valence-electron chi connectivity index (χ4n) is 4.03. The SMILES string of the molecule is CCCCSc1nc2n(n1)C(c1ccc(OCc3ccccc3C)cc1)C(C(=O)OC(C)C)=C(C)N2. The molecule has 1 atom stereocenters. The van der Waals surface area contributed by atoms with Gasteiger partial charge in [0.25, 0.3) is 0 Å². The molecule has 0 bridgehead atoms. The van der Waals surface area contributed by atoms with Crippen LogP contribution >= 0.6 is 11.8 Å². The minimum absolute atomic E-state index is 0.229. The molecule has 0 radical (unpaired) electrons. The zero-order chi connectivity index (χ0) is 25.7. The molecular weight excluding hydrogens is 472 g/mol. The molecule has 8 heteroatoms. The third-order valence-electron chi connectivity index (χ3n) is 5.98. The van der Waals surface area contributed by atoms with E-state index < -0.39 is 6.04 Å². The number of nitrogens with zero attached hydrogens (tertiary/aromatic N) is 3. The Labute approximate surface area is 217 Å². The van der Waals surface area contributed by atoms with E-state index in [0.29, 0.717) is 23.3 Å². The molecule has 2 aromatic carbocycles. The maximum atomic E-state index is 13.2. The Balaban J connectivity index is 1.62. The Hall–Kier alpha value is -3.26. The summed E-state index contributed by atoms with van der Waals surface area (Å²) in [6.45, 7) is 10.3. The summed E-state index contributed by atoms with van der Waals surface area (Å²) in [5.41, 5.74) is 4.50. The number of carbonyl (C=O) groups excluding carboxylic acids is 1. The van der Waals surface area contributed by atoms with Gasteiger partial charge in [-0.2, -0.15) is 4.98 Å². The van der Waals surface area contributed by atoms with Crippen molar-refractivity contribution >= 4 is 23.7 Å². The number of carbonyl (C=O) groups is 1. The molecule has 2 heterocycles. The average Bonchev–Trinajstić information content (AvgIpc) is 3.25. The fraction of sp³-hybridized carbons (Fsp3) is 0.393. The summed E-state index contributed by atoms with van der Waals surface area (Å²) < 4.78 is 13.4. The van der Waals surface area contributed by atoms with E-state index in [0.717, 1.165) is 41.2 Å². The van der Waals surface area contributed by atoms with Crippen LogP contribution in [0.4, 0.5) is 5.95 Å². The van der Waals surface area contributed by atoms with E-state index in [1.165, 1.54) is 5.56 Å². The molecule has 3 aromatic rings. The predicted molar refractivity (Wildman–Crippen MR) is 143 cm³/mol. The van der Waals surface area contributed by atoms with Crippen molar-refractivity contribution in [3.63, 3.8) is 0 Å².